The van der Waals surface area contributed by atoms with Crippen molar-refractivity contribution >= 4 is 45.8 Å². The Balaban J connectivity index is 1.02. The van der Waals surface area contributed by atoms with E-state index < -0.39 is 36.4 Å². The summed E-state index contributed by atoms with van der Waals surface area (Å²) >= 11 is 0. The van der Waals surface area contributed by atoms with Crippen LogP contribution in [0.2, 0.25) is 0 Å². The van der Waals surface area contributed by atoms with Crippen LogP contribution in [0.15, 0.2) is 58.1 Å². The monoisotopic (exact) mass is 912 g/mol. The van der Waals surface area contributed by atoms with Crippen molar-refractivity contribution < 1.29 is 28.7 Å². The third-order valence-electron chi connectivity index (χ3n) is 14.8. The van der Waals surface area contributed by atoms with Crippen molar-refractivity contribution in [1.29, 1.82) is 0 Å². The minimum atomic E-state index is -0.787. The Morgan fingerprint density at radius 3 is 1.45 bits per heavy atom. The molecule has 2 saturated heterocycles. The van der Waals surface area contributed by atoms with E-state index in [9.17, 15) is 28.8 Å². The number of hydrogen-bond donors (Lipinski definition) is 4. The number of rotatable bonds is 10. The molecule has 352 valence electrons. The maximum Gasteiger partial charge on any atom is 0.407 e. The second kappa shape index (κ2) is 18.2. The molecule has 0 radical (unpaired) electrons. The topological polar surface area (TPSA) is 209 Å². The molecular formula is C51H60N8O8. The molecule has 4 unspecified atom stereocenters. The maximum atomic E-state index is 14.0. The van der Waals surface area contributed by atoms with Gasteiger partial charge in [-0.1, -0.05) is 64.8 Å². The third kappa shape index (κ3) is 8.54. The molecule has 3 fully saturated rings. The molecule has 16 nitrogen and oxygen atoms in total. The van der Waals surface area contributed by atoms with Crippen LogP contribution < -0.4 is 21.8 Å². The summed E-state index contributed by atoms with van der Waals surface area (Å²) < 4.78 is 9.57. The molecule has 16 heteroatoms. The molecule has 67 heavy (non-hydrogen) atoms. The first-order valence-corrected chi connectivity index (χ1v) is 23.7. The number of H-pyrrole nitrogens is 2. The number of methoxy groups -OCH3 is 2. The van der Waals surface area contributed by atoms with Crippen molar-refractivity contribution in [2.75, 3.05) is 27.3 Å². The molecule has 4 atom stereocenters. The Morgan fingerprint density at radius 2 is 1.06 bits per heavy atom. The predicted molar refractivity (Wildman–Crippen MR) is 253 cm³/mol. The first-order chi connectivity index (χ1) is 32.2. The van der Waals surface area contributed by atoms with Gasteiger partial charge in [0.2, 0.25) is 11.8 Å². The third-order valence-corrected chi connectivity index (χ3v) is 14.8. The first-order valence-electron chi connectivity index (χ1n) is 23.7. The Kier molecular flexibility index (Phi) is 12.4. The number of carbonyl (C=O) groups excluding carboxylic acids is 4. The van der Waals surface area contributed by atoms with E-state index in [2.05, 4.69) is 32.7 Å². The lowest BCUT2D eigenvalue weighted by Crippen LogP contribution is -2.51. The molecule has 1 saturated carbocycles. The molecule has 2 aliphatic carbocycles. The fraction of sp³-hybridized carbons (Fsp3) is 0.490. The Bertz CT molecular complexity index is 2710. The lowest BCUT2D eigenvalue weighted by atomic mass is 9.82. The lowest BCUT2D eigenvalue weighted by molar-refractivity contribution is -0.136. The minimum Gasteiger partial charge on any atom is -0.453 e. The van der Waals surface area contributed by atoms with Crippen molar-refractivity contribution in [1.82, 2.24) is 40.4 Å². The minimum absolute atomic E-state index is 0.153. The molecule has 5 aromatic rings. The van der Waals surface area contributed by atoms with Gasteiger partial charge in [-0.15, -0.1) is 0 Å². The molecule has 0 bridgehead atoms. The fourth-order valence-electron chi connectivity index (χ4n) is 11.3. The van der Waals surface area contributed by atoms with Gasteiger partial charge in [0, 0.05) is 13.1 Å². The number of nitrogens with zero attached hydrogens (tertiary/aromatic N) is 4. The highest BCUT2D eigenvalue weighted by Crippen LogP contribution is 2.53. The number of alkyl carbamates (subject to hydrolysis) is 2. The van der Waals surface area contributed by atoms with Crippen LogP contribution in [0.25, 0.3) is 44.1 Å². The molecule has 4 amide bonds. The maximum absolute atomic E-state index is 14.0. The quantitative estimate of drug-likeness (QED) is 0.110. The highest BCUT2D eigenvalue weighted by atomic mass is 16.5. The summed E-state index contributed by atoms with van der Waals surface area (Å²) in [5.74, 6) is -0.00948. The molecule has 3 aromatic carbocycles. The first kappa shape index (κ1) is 45.6. The van der Waals surface area contributed by atoms with E-state index in [1.54, 1.807) is 9.80 Å². The number of aromatic amines is 2. The van der Waals surface area contributed by atoms with E-state index in [-0.39, 0.29) is 40.2 Å². The summed E-state index contributed by atoms with van der Waals surface area (Å²) in [7, 11) is 2.53. The Hall–Kier alpha value is -6.58. The second-order valence-corrected chi connectivity index (χ2v) is 19.6. The predicted octanol–water partition coefficient (Wildman–Crippen LogP) is 7.24. The molecule has 2 aliphatic heterocycles. The summed E-state index contributed by atoms with van der Waals surface area (Å²) in [6, 6.07) is 13.5. The number of fused-ring (bicyclic) bond motifs is 3. The van der Waals surface area contributed by atoms with Gasteiger partial charge >= 0.3 is 12.2 Å². The van der Waals surface area contributed by atoms with E-state index in [1.165, 1.54) is 38.2 Å². The number of hydrogen-bond acceptors (Lipinski definition) is 10. The van der Waals surface area contributed by atoms with Crippen molar-refractivity contribution in [3.8, 4) is 22.3 Å². The zero-order chi connectivity index (χ0) is 47.3. The van der Waals surface area contributed by atoms with E-state index >= 15 is 0 Å². The molecule has 9 rings (SSSR count). The van der Waals surface area contributed by atoms with Crippen molar-refractivity contribution in [3.63, 3.8) is 0 Å². The molecule has 4 N–H and O–H groups in total. The van der Waals surface area contributed by atoms with Crippen molar-refractivity contribution in [2.45, 2.75) is 116 Å². The SMILES string of the molecule is COC(=O)NC(C(=O)N1CCCC1c1nc2ccc(-c3ccc(-c4ccc5nc(C6CCCN6C(=O)C(NC(=O)OC)C(C)C)[nH]c(=O)c5c4)c4c3CC3(CCCC3)C4)cc2c(=O)[nH]1)C(C)C. The molecule has 4 heterocycles. The van der Waals surface area contributed by atoms with Crippen LogP contribution in [0, 0.1) is 17.3 Å². The van der Waals surface area contributed by atoms with E-state index in [4.69, 9.17) is 19.4 Å². The van der Waals surface area contributed by atoms with Crippen LogP contribution >= 0.6 is 0 Å². The van der Waals surface area contributed by atoms with Gasteiger partial charge in [-0.3, -0.25) is 19.2 Å². The average Bonchev–Trinajstić information content (AvgIpc) is 4.16. The number of nitrogens with one attached hydrogen (secondary N) is 4. The van der Waals surface area contributed by atoms with Gasteiger partial charge in [-0.05, 0) is 126 Å². The van der Waals surface area contributed by atoms with E-state index in [1.807, 2.05) is 64.1 Å². The number of amides is 4. The lowest BCUT2D eigenvalue weighted by Gasteiger charge is -2.30. The van der Waals surface area contributed by atoms with Gasteiger partial charge in [-0.2, -0.15) is 0 Å². The molecule has 4 aliphatic rings. The highest BCUT2D eigenvalue weighted by Gasteiger charge is 2.43. The summed E-state index contributed by atoms with van der Waals surface area (Å²) in [6.45, 7) is 8.42. The highest BCUT2D eigenvalue weighted by molar-refractivity contribution is 5.90. The van der Waals surface area contributed by atoms with Crippen LogP contribution in [-0.2, 0) is 31.9 Å². The second-order valence-electron chi connectivity index (χ2n) is 19.6. The van der Waals surface area contributed by atoms with Crippen molar-refractivity contribution in [2.24, 2.45) is 17.3 Å². The van der Waals surface area contributed by atoms with Crippen LogP contribution in [-0.4, -0.2) is 93.1 Å². The van der Waals surface area contributed by atoms with E-state index in [0.29, 0.717) is 59.4 Å². The average molecular weight is 913 g/mol. The fourth-order valence-corrected chi connectivity index (χ4v) is 11.3. The van der Waals surface area contributed by atoms with Crippen LogP contribution in [0.3, 0.4) is 0 Å². The van der Waals surface area contributed by atoms with Gasteiger partial charge in [0.1, 0.15) is 23.7 Å². The van der Waals surface area contributed by atoms with Gasteiger partial charge in [0.25, 0.3) is 11.1 Å². The Labute approximate surface area is 388 Å². The molecule has 1 spiro atoms. The number of carbonyl (C=O) groups is 4. The summed E-state index contributed by atoms with van der Waals surface area (Å²) in [5.41, 5.74) is 7.16. The smallest absolute Gasteiger partial charge is 0.407 e. The summed E-state index contributed by atoms with van der Waals surface area (Å²) in [6.07, 6.45) is 7.88. The number of benzene rings is 3. The molecule has 2 aromatic heterocycles. The number of aromatic nitrogens is 4. The zero-order valence-electron chi connectivity index (χ0n) is 39.1. The number of ether oxygens (including phenoxy) is 2. The summed E-state index contributed by atoms with van der Waals surface area (Å²) in [4.78, 5) is 99.0. The number of likely N-dealkylation sites (tertiary alicyclic amines) is 2. The van der Waals surface area contributed by atoms with Crippen LogP contribution in [0.5, 0.6) is 0 Å². The van der Waals surface area contributed by atoms with E-state index in [0.717, 1.165) is 60.8 Å². The van der Waals surface area contributed by atoms with Crippen LogP contribution in [0.1, 0.15) is 114 Å². The standard InChI is InChI=1S/C51H60N8O8/c1-27(2)41(54-49(64)66-5)47(62)58-21-9-11-39(58)43-52-37-17-13-29(23-33(37)45(60)56-43)31-15-16-32(36-26-51(25-35(31)36)19-7-8-20-51)30-14-18-38-34(24-30)46(61)57-44(53-38)40-12-10-22-59(40)48(63)42(28(3)4)55-50(65)67-6/h13-18,23-24,27-28,39-42H,7-12,19-22,25-26H2,1-6H3,(H,54,64)(H,55,65)(H,52,56,60)(H,53,57,61). The molecular weight excluding hydrogens is 853 g/mol. The van der Waals surface area contributed by atoms with Gasteiger partial charge in [-0.25, -0.2) is 19.6 Å². The van der Waals surface area contributed by atoms with Gasteiger partial charge < -0.3 is 39.9 Å². The normalized spacial score (nSPS) is 19.6. The zero-order valence-corrected chi connectivity index (χ0v) is 39.1. The van der Waals surface area contributed by atoms with Crippen LogP contribution in [0.4, 0.5) is 9.59 Å². The van der Waals surface area contributed by atoms with Gasteiger partial charge in [0.05, 0.1) is 48.1 Å². The van der Waals surface area contributed by atoms with Crippen molar-refractivity contribution in [3.05, 3.63) is 92.0 Å². The largest absolute Gasteiger partial charge is 0.453 e. The van der Waals surface area contributed by atoms with Gasteiger partial charge in [0.15, 0.2) is 0 Å². The summed E-state index contributed by atoms with van der Waals surface area (Å²) in [5, 5.41) is 6.27. The Morgan fingerprint density at radius 1 is 0.642 bits per heavy atom.